The van der Waals surface area contributed by atoms with Gasteiger partial charge >= 0.3 is 0 Å². The Morgan fingerprint density at radius 3 is 3.00 bits per heavy atom. The van der Waals surface area contributed by atoms with Gasteiger partial charge in [0.1, 0.15) is 0 Å². The third kappa shape index (κ3) is 2.43. The molecule has 16 heavy (non-hydrogen) atoms. The third-order valence-corrected chi connectivity index (χ3v) is 2.53. The highest BCUT2D eigenvalue weighted by molar-refractivity contribution is 6.31. The SMILES string of the molecule is C[C@@H](O)CNc1ccnc2ccc(Cl)cc12. The number of aromatic nitrogens is 1. The van der Waals surface area contributed by atoms with Crippen LogP contribution < -0.4 is 5.32 Å². The van der Waals surface area contributed by atoms with E-state index in [1.165, 1.54) is 0 Å². The van der Waals surface area contributed by atoms with Crippen LogP contribution >= 0.6 is 11.6 Å². The van der Waals surface area contributed by atoms with Crippen LogP contribution in [0.3, 0.4) is 0 Å². The summed E-state index contributed by atoms with van der Waals surface area (Å²) in [6.07, 6.45) is 1.35. The highest BCUT2D eigenvalue weighted by Gasteiger charge is 2.03. The Bertz CT molecular complexity index is 499. The molecule has 0 saturated heterocycles. The molecule has 2 aromatic rings. The van der Waals surface area contributed by atoms with Crippen molar-refractivity contribution in [1.82, 2.24) is 4.98 Å². The number of nitrogens with one attached hydrogen (secondary N) is 1. The molecule has 2 rings (SSSR count). The monoisotopic (exact) mass is 236 g/mol. The molecule has 0 unspecified atom stereocenters. The van der Waals surface area contributed by atoms with Crippen molar-refractivity contribution in [2.24, 2.45) is 0 Å². The van der Waals surface area contributed by atoms with Crippen LogP contribution in [-0.2, 0) is 0 Å². The highest BCUT2D eigenvalue weighted by Crippen LogP contribution is 2.24. The van der Waals surface area contributed by atoms with E-state index in [-0.39, 0.29) is 6.10 Å². The smallest absolute Gasteiger partial charge is 0.0723 e. The standard InChI is InChI=1S/C12H13ClN2O/c1-8(16)7-15-12-4-5-14-11-3-2-9(13)6-10(11)12/h2-6,8,16H,7H2,1H3,(H,14,15)/t8-/m1/s1. The predicted octanol–water partition coefficient (Wildman–Crippen LogP) is 2.68. The van der Waals surface area contributed by atoms with E-state index in [1.54, 1.807) is 13.1 Å². The molecule has 0 saturated carbocycles. The second-order valence-corrected chi connectivity index (χ2v) is 4.19. The summed E-state index contributed by atoms with van der Waals surface area (Å²) >= 11 is 5.95. The molecule has 0 aliphatic carbocycles. The van der Waals surface area contributed by atoms with Crippen molar-refractivity contribution in [1.29, 1.82) is 0 Å². The largest absolute Gasteiger partial charge is 0.392 e. The fraction of sp³-hybridized carbons (Fsp3) is 0.250. The number of hydrogen-bond acceptors (Lipinski definition) is 3. The molecule has 84 valence electrons. The number of hydrogen-bond donors (Lipinski definition) is 2. The minimum absolute atomic E-state index is 0.387. The lowest BCUT2D eigenvalue weighted by molar-refractivity contribution is 0.208. The fourth-order valence-corrected chi connectivity index (χ4v) is 1.70. The number of fused-ring (bicyclic) bond motifs is 1. The highest BCUT2D eigenvalue weighted by atomic mass is 35.5. The van der Waals surface area contributed by atoms with Crippen LogP contribution in [0.4, 0.5) is 5.69 Å². The molecule has 4 heteroatoms. The molecule has 1 heterocycles. The molecule has 0 fully saturated rings. The summed E-state index contributed by atoms with van der Waals surface area (Å²) < 4.78 is 0. The maximum Gasteiger partial charge on any atom is 0.0723 e. The Hall–Kier alpha value is -1.32. The summed E-state index contributed by atoms with van der Waals surface area (Å²) in [5.74, 6) is 0. The molecule has 1 aromatic carbocycles. The minimum Gasteiger partial charge on any atom is -0.392 e. The van der Waals surface area contributed by atoms with Gasteiger partial charge in [-0.25, -0.2) is 0 Å². The van der Waals surface area contributed by atoms with E-state index in [1.807, 2.05) is 24.3 Å². The zero-order chi connectivity index (χ0) is 11.5. The van der Waals surface area contributed by atoms with E-state index < -0.39 is 0 Å². The van der Waals surface area contributed by atoms with Crippen molar-refractivity contribution in [3.63, 3.8) is 0 Å². The molecule has 0 bridgehead atoms. The summed E-state index contributed by atoms with van der Waals surface area (Å²) in [6.45, 7) is 2.25. The van der Waals surface area contributed by atoms with Gasteiger partial charge in [0.05, 0.1) is 11.6 Å². The summed E-state index contributed by atoms with van der Waals surface area (Å²) in [6, 6.07) is 7.44. The molecule has 0 radical (unpaired) electrons. The van der Waals surface area contributed by atoms with Crippen LogP contribution in [0, 0.1) is 0 Å². The number of halogens is 1. The van der Waals surface area contributed by atoms with Crippen molar-refractivity contribution in [2.45, 2.75) is 13.0 Å². The molecular formula is C12H13ClN2O. The first kappa shape index (κ1) is 11.2. The number of pyridine rings is 1. The van der Waals surface area contributed by atoms with Gasteiger partial charge in [0.2, 0.25) is 0 Å². The normalized spacial score (nSPS) is 12.7. The van der Waals surface area contributed by atoms with E-state index in [9.17, 15) is 5.11 Å². The average molecular weight is 237 g/mol. The van der Waals surface area contributed by atoms with Crippen molar-refractivity contribution in [3.05, 3.63) is 35.5 Å². The average Bonchev–Trinajstić information content (AvgIpc) is 2.26. The Labute approximate surface area is 99.1 Å². The number of benzene rings is 1. The summed E-state index contributed by atoms with van der Waals surface area (Å²) in [5.41, 5.74) is 1.83. The summed E-state index contributed by atoms with van der Waals surface area (Å²) in [4.78, 5) is 4.25. The lowest BCUT2D eigenvalue weighted by Crippen LogP contribution is -2.15. The number of aliphatic hydroxyl groups excluding tert-OH is 1. The van der Waals surface area contributed by atoms with Crippen LogP contribution in [-0.4, -0.2) is 22.7 Å². The van der Waals surface area contributed by atoms with Crippen molar-refractivity contribution < 1.29 is 5.11 Å². The van der Waals surface area contributed by atoms with Gasteiger partial charge in [0.15, 0.2) is 0 Å². The molecule has 0 spiro atoms. The summed E-state index contributed by atoms with van der Waals surface area (Å²) in [7, 11) is 0. The van der Waals surface area contributed by atoms with Gasteiger partial charge in [-0.1, -0.05) is 11.6 Å². The van der Waals surface area contributed by atoms with Gasteiger partial charge in [-0.15, -0.1) is 0 Å². The first-order valence-corrected chi connectivity index (χ1v) is 5.51. The maximum atomic E-state index is 9.24. The van der Waals surface area contributed by atoms with Gasteiger partial charge in [0.25, 0.3) is 0 Å². The molecule has 3 nitrogen and oxygen atoms in total. The topological polar surface area (TPSA) is 45.1 Å². The molecule has 0 aliphatic rings. The van der Waals surface area contributed by atoms with E-state index in [2.05, 4.69) is 10.3 Å². The lowest BCUT2D eigenvalue weighted by atomic mass is 10.2. The quantitative estimate of drug-likeness (QED) is 0.861. The molecular weight excluding hydrogens is 224 g/mol. The number of anilines is 1. The van der Waals surface area contributed by atoms with E-state index in [0.717, 1.165) is 16.6 Å². The van der Waals surface area contributed by atoms with E-state index >= 15 is 0 Å². The van der Waals surface area contributed by atoms with Crippen LogP contribution in [0.1, 0.15) is 6.92 Å². The Morgan fingerprint density at radius 2 is 2.25 bits per heavy atom. The molecule has 0 aliphatic heterocycles. The van der Waals surface area contributed by atoms with E-state index in [0.29, 0.717) is 11.6 Å². The van der Waals surface area contributed by atoms with Crippen molar-refractivity contribution >= 4 is 28.2 Å². The van der Waals surface area contributed by atoms with Crippen molar-refractivity contribution in [2.75, 3.05) is 11.9 Å². The van der Waals surface area contributed by atoms with Crippen LogP contribution in [0.5, 0.6) is 0 Å². The van der Waals surface area contributed by atoms with Gasteiger partial charge in [-0.2, -0.15) is 0 Å². The number of aliphatic hydroxyl groups is 1. The van der Waals surface area contributed by atoms with Crippen molar-refractivity contribution in [3.8, 4) is 0 Å². The van der Waals surface area contributed by atoms with Gasteiger partial charge in [0, 0.05) is 28.8 Å². The third-order valence-electron chi connectivity index (χ3n) is 2.29. The first-order chi connectivity index (χ1) is 7.66. The number of rotatable bonds is 3. The Morgan fingerprint density at radius 1 is 1.44 bits per heavy atom. The van der Waals surface area contributed by atoms with E-state index in [4.69, 9.17) is 11.6 Å². The molecule has 0 amide bonds. The second kappa shape index (κ2) is 4.68. The zero-order valence-electron chi connectivity index (χ0n) is 8.94. The summed E-state index contributed by atoms with van der Waals surface area (Å²) in [5, 5.41) is 14.1. The molecule has 1 aromatic heterocycles. The van der Waals surface area contributed by atoms with Gasteiger partial charge < -0.3 is 10.4 Å². The predicted molar refractivity (Wildman–Crippen MR) is 66.9 cm³/mol. The number of nitrogens with zero attached hydrogens (tertiary/aromatic N) is 1. The van der Waals surface area contributed by atoms with Gasteiger partial charge in [-0.3, -0.25) is 4.98 Å². The van der Waals surface area contributed by atoms with Gasteiger partial charge in [-0.05, 0) is 31.2 Å². The Kier molecular flexibility index (Phi) is 3.27. The fourth-order valence-electron chi connectivity index (χ4n) is 1.53. The second-order valence-electron chi connectivity index (χ2n) is 3.75. The van der Waals surface area contributed by atoms with Crippen LogP contribution in [0.25, 0.3) is 10.9 Å². The zero-order valence-corrected chi connectivity index (χ0v) is 9.70. The maximum absolute atomic E-state index is 9.24. The minimum atomic E-state index is -0.387. The van der Waals surface area contributed by atoms with Crippen LogP contribution in [0.15, 0.2) is 30.5 Å². The molecule has 1 atom stereocenters. The lowest BCUT2D eigenvalue weighted by Gasteiger charge is -2.10. The molecule has 2 N–H and O–H groups in total. The first-order valence-electron chi connectivity index (χ1n) is 5.13. The Balaban J connectivity index is 2.40. The van der Waals surface area contributed by atoms with Crippen LogP contribution in [0.2, 0.25) is 5.02 Å².